The predicted molar refractivity (Wildman–Crippen MR) is 86.3 cm³/mol. The van der Waals surface area contributed by atoms with Crippen LogP contribution in [0.1, 0.15) is 0 Å². The van der Waals surface area contributed by atoms with E-state index in [1.54, 1.807) is 13.2 Å². The molecule has 1 rings (SSSR count). The SMILES string of the molecule is COCCNCCNS(=O)(=O)c1ccc(Br)c(Cl)c1.Cl. The molecule has 0 atom stereocenters. The Morgan fingerprint density at radius 2 is 2.00 bits per heavy atom. The standard InChI is InChI=1S/C11H16BrClN2O3S.ClH/c1-18-7-6-14-4-5-15-19(16,17)9-2-3-10(12)11(13)8-9;/h2-3,8,14-15H,4-7H2,1H3;1H. The van der Waals surface area contributed by atoms with Gasteiger partial charge in [-0.15, -0.1) is 12.4 Å². The summed E-state index contributed by atoms with van der Waals surface area (Å²) in [4.78, 5) is 0.151. The van der Waals surface area contributed by atoms with Crippen LogP contribution in [0.15, 0.2) is 27.6 Å². The molecule has 1 aromatic rings. The van der Waals surface area contributed by atoms with E-state index in [2.05, 4.69) is 26.0 Å². The van der Waals surface area contributed by atoms with Crippen molar-refractivity contribution >= 4 is 50.0 Å². The van der Waals surface area contributed by atoms with Crippen LogP contribution in [0.5, 0.6) is 0 Å². The number of sulfonamides is 1. The van der Waals surface area contributed by atoms with Crippen molar-refractivity contribution < 1.29 is 13.2 Å². The minimum Gasteiger partial charge on any atom is -0.383 e. The van der Waals surface area contributed by atoms with Gasteiger partial charge in [0.1, 0.15) is 0 Å². The molecule has 5 nitrogen and oxygen atoms in total. The van der Waals surface area contributed by atoms with Gasteiger partial charge in [0.05, 0.1) is 16.5 Å². The van der Waals surface area contributed by atoms with E-state index < -0.39 is 10.0 Å². The molecule has 0 amide bonds. The average molecular weight is 408 g/mol. The second kappa shape index (κ2) is 9.94. The molecule has 0 unspecified atom stereocenters. The van der Waals surface area contributed by atoms with E-state index in [1.165, 1.54) is 12.1 Å². The summed E-state index contributed by atoms with van der Waals surface area (Å²) < 4.78 is 31.9. The fourth-order valence-electron chi connectivity index (χ4n) is 1.30. The third-order valence-electron chi connectivity index (χ3n) is 2.28. The van der Waals surface area contributed by atoms with Gasteiger partial charge in [0, 0.05) is 31.2 Å². The van der Waals surface area contributed by atoms with Crippen molar-refractivity contribution in [3.63, 3.8) is 0 Å². The zero-order chi connectivity index (χ0) is 14.3. The molecule has 9 heteroatoms. The molecule has 0 aromatic heterocycles. The van der Waals surface area contributed by atoms with Crippen LogP contribution in [0.2, 0.25) is 5.02 Å². The molecular weight excluding hydrogens is 391 g/mol. The second-order valence-electron chi connectivity index (χ2n) is 3.72. The van der Waals surface area contributed by atoms with Gasteiger partial charge >= 0.3 is 0 Å². The van der Waals surface area contributed by atoms with E-state index >= 15 is 0 Å². The Morgan fingerprint density at radius 1 is 1.30 bits per heavy atom. The molecule has 0 spiro atoms. The van der Waals surface area contributed by atoms with Crippen molar-refractivity contribution in [3.8, 4) is 0 Å². The van der Waals surface area contributed by atoms with Gasteiger partial charge in [0.2, 0.25) is 10.0 Å². The van der Waals surface area contributed by atoms with E-state index in [-0.39, 0.29) is 17.3 Å². The highest BCUT2D eigenvalue weighted by atomic mass is 79.9. The highest BCUT2D eigenvalue weighted by Crippen LogP contribution is 2.25. The molecule has 0 radical (unpaired) electrons. The lowest BCUT2D eigenvalue weighted by Gasteiger charge is -2.08. The lowest BCUT2D eigenvalue weighted by molar-refractivity contribution is 0.199. The minimum atomic E-state index is -3.52. The monoisotopic (exact) mass is 406 g/mol. The van der Waals surface area contributed by atoms with Gasteiger partial charge in [-0.05, 0) is 34.1 Å². The van der Waals surface area contributed by atoms with Gasteiger partial charge in [-0.2, -0.15) is 0 Å². The maximum absolute atomic E-state index is 11.9. The second-order valence-corrected chi connectivity index (χ2v) is 6.74. The molecular formula is C11H17BrCl2N2O3S. The lowest BCUT2D eigenvalue weighted by atomic mass is 10.4. The van der Waals surface area contributed by atoms with Crippen molar-refractivity contribution in [2.75, 3.05) is 33.4 Å². The van der Waals surface area contributed by atoms with Crippen LogP contribution in [0.3, 0.4) is 0 Å². The van der Waals surface area contributed by atoms with E-state index in [1.807, 2.05) is 0 Å². The van der Waals surface area contributed by atoms with Crippen LogP contribution in [0, 0.1) is 0 Å². The van der Waals surface area contributed by atoms with Gasteiger partial charge in [-0.25, -0.2) is 13.1 Å². The topological polar surface area (TPSA) is 67.4 Å². The van der Waals surface area contributed by atoms with Crippen LogP contribution >= 0.6 is 39.9 Å². The molecule has 0 aliphatic heterocycles. The van der Waals surface area contributed by atoms with Crippen LogP contribution in [0.4, 0.5) is 0 Å². The quantitative estimate of drug-likeness (QED) is 0.647. The maximum atomic E-state index is 11.9. The summed E-state index contributed by atoms with van der Waals surface area (Å²) in [6.45, 7) is 2.12. The Kier molecular flexibility index (Phi) is 10.00. The summed E-state index contributed by atoms with van der Waals surface area (Å²) in [6.07, 6.45) is 0. The number of hydrogen-bond acceptors (Lipinski definition) is 4. The maximum Gasteiger partial charge on any atom is 0.240 e. The van der Waals surface area contributed by atoms with Gasteiger partial charge in [0.25, 0.3) is 0 Å². The Hall–Kier alpha value is 0.110. The van der Waals surface area contributed by atoms with Gasteiger partial charge in [-0.3, -0.25) is 0 Å². The third kappa shape index (κ3) is 6.71. The van der Waals surface area contributed by atoms with E-state index in [9.17, 15) is 8.42 Å². The van der Waals surface area contributed by atoms with Crippen LogP contribution in [0.25, 0.3) is 0 Å². The third-order valence-corrected chi connectivity index (χ3v) is 4.97. The first kappa shape index (κ1) is 20.1. The molecule has 20 heavy (non-hydrogen) atoms. The van der Waals surface area contributed by atoms with Gasteiger partial charge in [-0.1, -0.05) is 11.6 Å². The van der Waals surface area contributed by atoms with Crippen molar-refractivity contribution in [1.29, 1.82) is 0 Å². The molecule has 1 aromatic carbocycles. The highest BCUT2D eigenvalue weighted by molar-refractivity contribution is 9.10. The number of nitrogens with one attached hydrogen (secondary N) is 2. The summed E-state index contributed by atoms with van der Waals surface area (Å²) in [5.41, 5.74) is 0. The van der Waals surface area contributed by atoms with Crippen LogP contribution in [-0.2, 0) is 14.8 Å². The van der Waals surface area contributed by atoms with Gasteiger partial charge < -0.3 is 10.1 Å². The highest BCUT2D eigenvalue weighted by Gasteiger charge is 2.14. The molecule has 0 aliphatic rings. The van der Waals surface area contributed by atoms with Crippen molar-refractivity contribution in [3.05, 3.63) is 27.7 Å². The number of rotatable bonds is 8. The number of halogens is 3. The summed E-state index contributed by atoms with van der Waals surface area (Å²) >= 11 is 9.09. The number of ether oxygens (including phenoxy) is 1. The largest absolute Gasteiger partial charge is 0.383 e. The van der Waals surface area contributed by atoms with Crippen LogP contribution < -0.4 is 10.0 Å². The Morgan fingerprint density at radius 3 is 2.60 bits per heavy atom. The molecule has 116 valence electrons. The fraction of sp³-hybridized carbons (Fsp3) is 0.455. The van der Waals surface area contributed by atoms with Crippen molar-refractivity contribution in [1.82, 2.24) is 10.0 Å². The van der Waals surface area contributed by atoms with Crippen molar-refractivity contribution in [2.24, 2.45) is 0 Å². The molecule has 0 fully saturated rings. The molecule has 0 aliphatic carbocycles. The fourth-order valence-corrected chi connectivity index (χ4v) is 2.85. The number of benzene rings is 1. The number of methoxy groups -OCH3 is 1. The molecule has 0 bridgehead atoms. The first-order chi connectivity index (χ1) is 8.97. The molecule has 0 saturated heterocycles. The summed E-state index contributed by atoms with van der Waals surface area (Å²) in [6, 6.07) is 4.51. The zero-order valence-electron chi connectivity index (χ0n) is 10.9. The Balaban J connectivity index is 0.00000361. The Bertz CT molecular complexity index is 514. The van der Waals surface area contributed by atoms with E-state index in [0.29, 0.717) is 35.7 Å². The van der Waals surface area contributed by atoms with Gasteiger partial charge in [0.15, 0.2) is 0 Å². The smallest absolute Gasteiger partial charge is 0.240 e. The minimum absolute atomic E-state index is 0. The van der Waals surface area contributed by atoms with E-state index in [0.717, 1.165) is 0 Å². The summed E-state index contributed by atoms with van der Waals surface area (Å²) in [5.74, 6) is 0. The molecule has 0 saturated carbocycles. The van der Waals surface area contributed by atoms with E-state index in [4.69, 9.17) is 16.3 Å². The first-order valence-corrected chi connectivity index (χ1v) is 8.27. The van der Waals surface area contributed by atoms with Crippen LogP contribution in [-0.4, -0.2) is 41.8 Å². The number of hydrogen-bond donors (Lipinski definition) is 2. The first-order valence-electron chi connectivity index (χ1n) is 5.62. The molecule has 0 heterocycles. The lowest BCUT2D eigenvalue weighted by Crippen LogP contribution is -2.33. The zero-order valence-corrected chi connectivity index (χ0v) is 14.8. The Labute approximate surface area is 139 Å². The molecule has 2 N–H and O–H groups in total. The summed E-state index contributed by atoms with van der Waals surface area (Å²) in [5, 5.41) is 3.41. The summed E-state index contributed by atoms with van der Waals surface area (Å²) in [7, 11) is -1.91. The average Bonchev–Trinajstić information content (AvgIpc) is 2.36. The van der Waals surface area contributed by atoms with Crippen molar-refractivity contribution in [2.45, 2.75) is 4.90 Å². The predicted octanol–water partition coefficient (Wildman–Crippen LogP) is 2.04. The normalized spacial score (nSPS) is 11.2.